The van der Waals surface area contributed by atoms with Crippen molar-refractivity contribution in [2.45, 2.75) is 19.1 Å². The van der Waals surface area contributed by atoms with Gasteiger partial charge in [0.15, 0.2) is 0 Å². The zero-order valence-electron chi connectivity index (χ0n) is 10.0. The van der Waals surface area contributed by atoms with Gasteiger partial charge in [-0.05, 0) is 30.7 Å². The number of nitrogens with one attached hydrogen (secondary N) is 1. The van der Waals surface area contributed by atoms with E-state index in [0.717, 1.165) is 11.8 Å². The van der Waals surface area contributed by atoms with Crippen molar-refractivity contribution < 1.29 is 13.9 Å². The molecule has 2 N–H and O–H groups in total. The van der Waals surface area contributed by atoms with E-state index in [0.29, 0.717) is 12.3 Å². The number of nitrogens with zero attached hydrogens (tertiary/aromatic N) is 1. The summed E-state index contributed by atoms with van der Waals surface area (Å²) in [5, 5.41) is 12.9. The first-order valence-electron chi connectivity index (χ1n) is 5.72. The third-order valence-electron chi connectivity index (χ3n) is 2.72. The maximum absolute atomic E-state index is 13.0. The lowest BCUT2D eigenvalue weighted by molar-refractivity contribution is 0.144. The molecule has 2 atom stereocenters. The molecule has 2 rings (SSSR count). The highest BCUT2D eigenvalue weighted by Crippen LogP contribution is 2.15. The predicted molar refractivity (Wildman–Crippen MR) is 64.3 cm³/mol. The highest BCUT2D eigenvalue weighted by atomic mass is 19.1. The summed E-state index contributed by atoms with van der Waals surface area (Å²) in [7, 11) is 0. The zero-order chi connectivity index (χ0) is 13.0. The Labute approximate surface area is 104 Å². The number of aliphatic hydroxyl groups excluding tert-OH is 1. The summed E-state index contributed by atoms with van der Waals surface area (Å²) in [4.78, 5) is 3.79. The molecule has 5 heteroatoms. The minimum atomic E-state index is -0.719. The Morgan fingerprint density at radius 1 is 1.50 bits per heavy atom. The number of rotatable bonds is 5. The number of furan rings is 1. The average molecular weight is 250 g/mol. The van der Waals surface area contributed by atoms with Crippen LogP contribution in [0.5, 0.6) is 0 Å². The van der Waals surface area contributed by atoms with E-state index >= 15 is 0 Å². The lowest BCUT2D eigenvalue weighted by Crippen LogP contribution is -2.24. The van der Waals surface area contributed by atoms with Crippen LogP contribution >= 0.6 is 0 Å². The van der Waals surface area contributed by atoms with E-state index in [-0.39, 0.29) is 11.9 Å². The molecule has 0 radical (unpaired) electrons. The van der Waals surface area contributed by atoms with Gasteiger partial charge in [0.1, 0.15) is 17.7 Å². The van der Waals surface area contributed by atoms with Crippen LogP contribution < -0.4 is 5.32 Å². The minimum absolute atomic E-state index is 0.0992. The molecule has 4 nitrogen and oxygen atoms in total. The molecule has 0 aliphatic carbocycles. The van der Waals surface area contributed by atoms with E-state index in [9.17, 15) is 9.50 Å². The van der Waals surface area contributed by atoms with Gasteiger partial charge in [0, 0.05) is 18.8 Å². The summed E-state index contributed by atoms with van der Waals surface area (Å²) in [5.74, 6) is 0.139. The van der Waals surface area contributed by atoms with Crippen LogP contribution in [0.4, 0.5) is 4.39 Å². The van der Waals surface area contributed by atoms with Crippen molar-refractivity contribution in [2.24, 2.45) is 0 Å². The molecule has 0 bridgehead atoms. The van der Waals surface area contributed by atoms with Crippen LogP contribution in [-0.4, -0.2) is 16.6 Å². The van der Waals surface area contributed by atoms with Gasteiger partial charge in [0.05, 0.1) is 12.5 Å². The first-order valence-corrected chi connectivity index (χ1v) is 5.72. The molecular formula is C13H15FN2O2. The number of aliphatic hydroxyl groups is 1. The van der Waals surface area contributed by atoms with Crippen molar-refractivity contribution in [3.63, 3.8) is 0 Å². The third kappa shape index (κ3) is 3.15. The van der Waals surface area contributed by atoms with Gasteiger partial charge in [-0.25, -0.2) is 4.39 Å². The highest BCUT2D eigenvalue weighted by molar-refractivity contribution is 5.14. The zero-order valence-corrected chi connectivity index (χ0v) is 10.0. The Hall–Kier alpha value is -1.72. The number of halogens is 1. The maximum atomic E-state index is 13.0. The monoisotopic (exact) mass is 250 g/mol. The summed E-state index contributed by atoms with van der Waals surface area (Å²) in [6.07, 6.45) is 3.55. The Morgan fingerprint density at radius 3 is 3.00 bits per heavy atom. The standard InChI is InChI=1S/C13H15FN2O2/c1-9(10-5-11(14)7-15-6-10)16-8-12(17)13-3-2-4-18-13/h2-7,9,12,16-17H,8H2,1H3. The van der Waals surface area contributed by atoms with Crippen LogP contribution in [0.2, 0.25) is 0 Å². The lowest BCUT2D eigenvalue weighted by atomic mass is 10.1. The normalized spacial score (nSPS) is 14.4. The molecule has 0 saturated heterocycles. The maximum Gasteiger partial charge on any atom is 0.141 e. The van der Waals surface area contributed by atoms with Gasteiger partial charge in [-0.1, -0.05) is 0 Å². The molecule has 0 aliphatic heterocycles. The van der Waals surface area contributed by atoms with Gasteiger partial charge >= 0.3 is 0 Å². The number of hydrogen-bond acceptors (Lipinski definition) is 4. The second kappa shape index (κ2) is 5.75. The molecule has 2 aromatic heterocycles. The Balaban J connectivity index is 1.90. The summed E-state index contributed by atoms with van der Waals surface area (Å²) in [6, 6.07) is 4.75. The smallest absolute Gasteiger partial charge is 0.141 e. The summed E-state index contributed by atoms with van der Waals surface area (Å²) >= 11 is 0. The van der Waals surface area contributed by atoms with Gasteiger partial charge in [0.25, 0.3) is 0 Å². The Bertz CT molecular complexity index is 487. The van der Waals surface area contributed by atoms with Crippen LogP contribution in [0.25, 0.3) is 0 Å². The molecule has 0 spiro atoms. The van der Waals surface area contributed by atoms with Crippen LogP contribution in [0, 0.1) is 5.82 Å². The summed E-state index contributed by atoms with van der Waals surface area (Å²) in [5.41, 5.74) is 0.738. The van der Waals surface area contributed by atoms with E-state index in [1.807, 2.05) is 6.92 Å². The number of pyridine rings is 1. The first-order chi connectivity index (χ1) is 8.66. The molecule has 2 unspecified atom stereocenters. The van der Waals surface area contributed by atoms with Crippen molar-refractivity contribution in [3.05, 3.63) is 54.0 Å². The van der Waals surface area contributed by atoms with Crippen LogP contribution in [0.1, 0.15) is 30.4 Å². The van der Waals surface area contributed by atoms with E-state index in [1.54, 1.807) is 18.3 Å². The van der Waals surface area contributed by atoms with Crippen LogP contribution in [0.3, 0.4) is 0 Å². The fraction of sp³-hybridized carbons (Fsp3) is 0.308. The van der Waals surface area contributed by atoms with Gasteiger partial charge in [-0.15, -0.1) is 0 Å². The average Bonchev–Trinajstić information content (AvgIpc) is 2.89. The fourth-order valence-electron chi connectivity index (χ4n) is 1.65. The van der Waals surface area contributed by atoms with Crippen molar-refractivity contribution in [1.82, 2.24) is 10.3 Å². The highest BCUT2D eigenvalue weighted by Gasteiger charge is 2.13. The molecule has 2 aromatic rings. The Kier molecular flexibility index (Phi) is 4.07. The fourth-order valence-corrected chi connectivity index (χ4v) is 1.65. The quantitative estimate of drug-likeness (QED) is 0.854. The second-order valence-corrected chi connectivity index (χ2v) is 4.10. The van der Waals surface area contributed by atoms with Gasteiger partial charge in [-0.2, -0.15) is 0 Å². The van der Waals surface area contributed by atoms with Crippen molar-refractivity contribution >= 4 is 0 Å². The first kappa shape index (κ1) is 12.7. The minimum Gasteiger partial charge on any atom is -0.467 e. The van der Waals surface area contributed by atoms with Crippen molar-refractivity contribution in [2.75, 3.05) is 6.54 Å². The molecule has 18 heavy (non-hydrogen) atoms. The van der Waals surface area contributed by atoms with E-state index in [2.05, 4.69) is 10.3 Å². The van der Waals surface area contributed by atoms with E-state index < -0.39 is 6.10 Å². The van der Waals surface area contributed by atoms with Gasteiger partial charge in [-0.3, -0.25) is 4.98 Å². The number of hydrogen-bond donors (Lipinski definition) is 2. The van der Waals surface area contributed by atoms with Gasteiger partial charge in [0.2, 0.25) is 0 Å². The van der Waals surface area contributed by atoms with Crippen LogP contribution in [-0.2, 0) is 0 Å². The van der Waals surface area contributed by atoms with Gasteiger partial charge < -0.3 is 14.8 Å². The van der Waals surface area contributed by atoms with Crippen molar-refractivity contribution in [1.29, 1.82) is 0 Å². The van der Waals surface area contributed by atoms with E-state index in [1.165, 1.54) is 12.3 Å². The second-order valence-electron chi connectivity index (χ2n) is 4.10. The Morgan fingerprint density at radius 2 is 2.33 bits per heavy atom. The third-order valence-corrected chi connectivity index (χ3v) is 2.72. The molecule has 0 aromatic carbocycles. The molecule has 0 fully saturated rings. The molecule has 96 valence electrons. The molecule has 2 heterocycles. The molecule has 0 saturated carbocycles. The van der Waals surface area contributed by atoms with Crippen molar-refractivity contribution in [3.8, 4) is 0 Å². The largest absolute Gasteiger partial charge is 0.467 e. The SMILES string of the molecule is CC(NCC(O)c1ccco1)c1cncc(F)c1. The predicted octanol–water partition coefficient (Wildman–Crippen LogP) is 2.20. The van der Waals surface area contributed by atoms with E-state index in [4.69, 9.17) is 4.42 Å². The lowest BCUT2D eigenvalue weighted by Gasteiger charge is -2.16. The topological polar surface area (TPSA) is 58.3 Å². The molecular weight excluding hydrogens is 235 g/mol. The van der Waals surface area contributed by atoms with Crippen LogP contribution in [0.15, 0.2) is 41.3 Å². The summed E-state index contributed by atoms with van der Waals surface area (Å²) in [6.45, 7) is 2.20. The molecule has 0 amide bonds. The molecule has 0 aliphatic rings. The summed E-state index contributed by atoms with van der Waals surface area (Å²) < 4.78 is 18.1. The number of aromatic nitrogens is 1.